The topological polar surface area (TPSA) is 51.2 Å². The van der Waals surface area contributed by atoms with E-state index in [1.807, 2.05) is 19.2 Å². The minimum atomic E-state index is -2.89. The number of hydrogen-bond donors (Lipinski definition) is 1. The normalized spacial score (nSPS) is 11.0. The van der Waals surface area contributed by atoms with Gasteiger partial charge in [-0.15, -0.1) is 11.3 Å². The standard InChI is InChI=1S/C16H18F2N2O2S/c1-10(2)15-20-12(9-23-15)7-14(21)19-8-11-5-3-4-6-13(11)22-16(17)18/h3-6,9-10,16H,7-8H2,1-2H3,(H,19,21). The van der Waals surface area contributed by atoms with Crippen LogP contribution in [-0.4, -0.2) is 17.5 Å². The number of alkyl halides is 2. The smallest absolute Gasteiger partial charge is 0.387 e. The summed E-state index contributed by atoms with van der Waals surface area (Å²) >= 11 is 1.53. The summed E-state index contributed by atoms with van der Waals surface area (Å²) in [6.07, 6.45) is 0.168. The van der Waals surface area contributed by atoms with Gasteiger partial charge < -0.3 is 10.1 Å². The lowest BCUT2D eigenvalue weighted by molar-refractivity contribution is -0.120. The zero-order chi connectivity index (χ0) is 16.8. The predicted octanol–water partition coefficient (Wildman–Crippen LogP) is 3.73. The van der Waals surface area contributed by atoms with Gasteiger partial charge in [0.2, 0.25) is 5.91 Å². The lowest BCUT2D eigenvalue weighted by atomic mass is 10.2. The third kappa shape index (κ3) is 5.28. The van der Waals surface area contributed by atoms with Crippen molar-refractivity contribution in [1.82, 2.24) is 10.3 Å². The molecule has 4 nitrogen and oxygen atoms in total. The molecule has 0 fully saturated rings. The number of carbonyl (C=O) groups excluding carboxylic acids is 1. The Morgan fingerprint density at radius 3 is 2.74 bits per heavy atom. The molecule has 1 aromatic heterocycles. The molecule has 0 radical (unpaired) electrons. The van der Waals surface area contributed by atoms with Crippen LogP contribution in [-0.2, 0) is 17.8 Å². The first-order valence-electron chi connectivity index (χ1n) is 7.19. The third-order valence-corrected chi connectivity index (χ3v) is 4.26. The van der Waals surface area contributed by atoms with Crippen LogP contribution in [0.1, 0.15) is 36.0 Å². The number of ether oxygens (including phenoxy) is 1. The van der Waals surface area contributed by atoms with Crippen molar-refractivity contribution >= 4 is 17.2 Å². The molecule has 7 heteroatoms. The van der Waals surface area contributed by atoms with Gasteiger partial charge in [0.05, 0.1) is 17.1 Å². The Labute approximate surface area is 137 Å². The predicted molar refractivity (Wildman–Crippen MR) is 84.8 cm³/mol. The molecule has 2 rings (SSSR count). The summed E-state index contributed by atoms with van der Waals surface area (Å²) in [5.74, 6) is 0.186. The fraction of sp³-hybridized carbons (Fsp3) is 0.375. The molecule has 0 aliphatic heterocycles. The summed E-state index contributed by atoms with van der Waals surface area (Å²) < 4.78 is 29.1. The Bertz CT molecular complexity index is 659. The van der Waals surface area contributed by atoms with Crippen LogP contribution in [0.4, 0.5) is 8.78 Å². The van der Waals surface area contributed by atoms with Crippen LogP contribution >= 0.6 is 11.3 Å². The number of amides is 1. The van der Waals surface area contributed by atoms with Gasteiger partial charge in [0.25, 0.3) is 0 Å². The molecule has 2 aromatic rings. The average Bonchev–Trinajstić information content (AvgIpc) is 2.94. The van der Waals surface area contributed by atoms with Gasteiger partial charge in [-0.1, -0.05) is 32.0 Å². The lowest BCUT2D eigenvalue weighted by Crippen LogP contribution is -2.25. The average molecular weight is 340 g/mol. The van der Waals surface area contributed by atoms with Crippen molar-refractivity contribution in [2.45, 2.75) is 39.3 Å². The Kier molecular flexibility index (Phi) is 6.04. The minimum Gasteiger partial charge on any atom is -0.434 e. The zero-order valence-electron chi connectivity index (χ0n) is 12.9. The molecule has 23 heavy (non-hydrogen) atoms. The first kappa shape index (κ1) is 17.3. The molecule has 1 aromatic carbocycles. The van der Waals surface area contributed by atoms with Crippen LogP contribution < -0.4 is 10.1 Å². The molecule has 0 aliphatic carbocycles. The number of thiazole rings is 1. The number of para-hydroxylation sites is 1. The van der Waals surface area contributed by atoms with Gasteiger partial charge in [0, 0.05) is 23.4 Å². The van der Waals surface area contributed by atoms with Gasteiger partial charge in [-0.3, -0.25) is 4.79 Å². The van der Waals surface area contributed by atoms with Crippen molar-refractivity contribution in [3.05, 3.63) is 45.9 Å². The fourth-order valence-corrected chi connectivity index (χ4v) is 2.79. The monoisotopic (exact) mass is 340 g/mol. The number of halogens is 2. The van der Waals surface area contributed by atoms with E-state index in [9.17, 15) is 13.6 Å². The van der Waals surface area contributed by atoms with Crippen LogP contribution in [0.25, 0.3) is 0 Å². The van der Waals surface area contributed by atoms with E-state index in [2.05, 4.69) is 15.0 Å². The Morgan fingerprint density at radius 1 is 1.35 bits per heavy atom. The van der Waals surface area contributed by atoms with Crippen LogP contribution in [0.3, 0.4) is 0 Å². The SMILES string of the molecule is CC(C)c1nc(CC(=O)NCc2ccccc2OC(F)F)cs1. The van der Waals surface area contributed by atoms with Gasteiger partial charge in [0.15, 0.2) is 0 Å². The molecular weight excluding hydrogens is 322 g/mol. The largest absolute Gasteiger partial charge is 0.434 e. The second kappa shape index (κ2) is 8.01. The van der Waals surface area contributed by atoms with Crippen LogP contribution in [0.5, 0.6) is 5.75 Å². The third-order valence-electron chi connectivity index (χ3n) is 3.07. The Balaban J connectivity index is 1.91. The van der Waals surface area contributed by atoms with E-state index in [0.29, 0.717) is 17.2 Å². The van der Waals surface area contributed by atoms with Crippen molar-refractivity contribution in [2.75, 3.05) is 0 Å². The maximum absolute atomic E-state index is 12.3. The van der Waals surface area contributed by atoms with Gasteiger partial charge in [0.1, 0.15) is 5.75 Å². The highest BCUT2D eigenvalue weighted by Gasteiger charge is 2.12. The van der Waals surface area contributed by atoms with E-state index in [0.717, 1.165) is 5.01 Å². The highest BCUT2D eigenvalue weighted by molar-refractivity contribution is 7.09. The fourth-order valence-electron chi connectivity index (χ4n) is 1.95. The minimum absolute atomic E-state index is 0.0681. The quantitative estimate of drug-likeness (QED) is 0.836. The first-order chi connectivity index (χ1) is 11.0. The zero-order valence-corrected chi connectivity index (χ0v) is 13.7. The van der Waals surface area contributed by atoms with Gasteiger partial charge in [-0.05, 0) is 6.07 Å². The molecule has 0 unspecified atom stereocenters. The van der Waals surface area contributed by atoms with Crippen molar-refractivity contribution in [1.29, 1.82) is 0 Å². The van der Waals surface area contributed by atoms with E-state index in [4.69, 9.17) is 0 Å². The van der Waals surface area contributed by atoms with Crippen LogP contribution in [0.2, 0.25) is 0 Å². The van der Waals surface area contributed by atoms with Gasteiger partial charge in [-0.25, -0.2) is 4.98 Å². The summed E-state index contributed by atoms with van der Waals surface area (Å²) in [6.45, 7) is 1.32. The summed E-state index contributed by atoms with van der Waals surface area (Å²) in [5.41, 5.74) is 1.22. The molecular formula is C16H18F2N2O2S. The summed E-state index contributed by atoms with van der Waals surface area (Å²) in [5, 5.41) is 5.55. The molecule has 0 saturated carbocycles. The highest BCUT2D eigenvalue weighted by atomic mass is 32.1. The number of nitrogens with one attached hydrogen (secondary N) is 1. The maximum atomic E-state index is 12.3. The van der Waals surface area contributed by atoms with Crippen molar-refractivity contribution in [2.24, 2.45) is 0 Å². The van der Waals surface area contributed by atoms with Crippen molar-refractivity contribution in [3.63, 3.8) is 0 Å². The van der Waals surface area contributed by atoms with E-state index in [-0.39, 0.29) is 24.6 Å². The maximum Gasteiger partial charge on any atom is 0.387 e. The second-order valence-corrected chi connectivity index (χ2v) is 6.16. The molecule has 1 amide bonds. The Morgan fingerprint density at radius 2 is 2.09 bits per heavy atom. The highest BCUT2D eigenvalue weighted by Crippen LogP contribution is 2.21. The second-order valence-electron chi connectivity index (χ2n) is 5.27. The van der Waals surface area contributed by atoms with Crippen molar-refractivity contribution < 1.29 is 18.3 Å². The summed E-state index contributed by atoms with van der Waals surface area (Å²) in [6, 6.07) is 6.39. The van der Waals surface area contributed by atoms with Crippen LogP contribution in [0.15, 0.2) is 29.6 Å². The lowest BCUT2D eigenvalue weighted by Gasteiger charge is -2.11. The van der Waals surface area contributed by atoms with E-state index in [1.54, 1.807) is 18.2 Å². The van der Waals surface area contributed by atoms with Gasteiger partial charge in [-0.2, -0.15) is 8.78 Å². The number of carbonyl (C=O) groups is 1. The number of nitrogens with zero attached hydrogens (tertiary/aromatic N) is 1. The first-order valence-corrected chi connectivity index (χ1v) is 8.07. The molecule has 124 valence electrons. The molecule has 0 atom stereocenters. The van der Waals surface area contributed by atoms with Crippen LogP contribution in [0, 0.1) is 0 Å². The Hall–Kier alpha value is -2.02. The van der Waals surface area contributed by atoms with E-state index < -0.39 is 6.61 Å². The molecule has 0 aliphatic rings. The molecule has 1 heterocycles. The number of aromatic nitrogens is 1. The molecule has 0 spiro atoms. The van der Waals surface area contributed by atoms with Crippen molar-refractivity contribution in [3.8, 4) is 5.75 Å². The van der Waals surface area contributed by atoms with Gasteiger partial charge >= 0.3 is 6.61 Å². The summed E-state index contributed by atoms with van der Waals surface area (Å²) in [7, 11) is 0. The molecule has 0 saturated heterocycles. The van der Waals surface area contributed by atoms with E-state index in [1.165, 1.54) is 17.4 Å². The number of rotatable bonds is 7. The molecule has 0 bridgehead atoms. The summed E-state index contributed by atoms with van der Waals surface area (Å²) in [4.78, 5) is 16.4. The number of hydrogen-bond acceptors (Lipinski definition) is 4. The number of benzene rings is 1. The molecule has 1 N–H and O–H groups in total. The van der Waals surface area contributed by atoms with E-state index >= 15 is 0 Å².